The summed E-state index contributed by atoms with van der Waals surface area (Å²) in [7, 11) is 1.69. The molecule has 2 heteroatoms. The van der Waals surface area contributed by atoms with Crippen LogP contribution in [0.4, 0.5) is 0 Å². The van der Waals surface area contributed by atoms with Gasteiger partial charge in [-0.2, -0.15) is 0 Å². The number of benzene rings is 1. The molecule has 0 aliphatic heterocycles. The smallest absolute Gasteiger partial charge is 0.122 e. The average molecular weight is 262 g/mol. The Kier molecular flexibility index (Phi) is 3.65. The molecule has 0 amide bonds. The Morgan fingerprint density at radius 1 is 1.11 bits per heavy atom. The van der Waals surface area contributed by atoms with Gasteiger partial charge in [-0.3, -0.25) is 0 Å². The molecule has 1 aromatic rings. The molecule has 2 nitrogen and oxygen atoms in total. The van der Waals surface area contributed by atoms with Crippen molar-refractivity contribution in [3.63, 3.8) is 0 Å². The molecule has 1 saturated carbocycles. The fourth-order valence-electron chi connectivity index (χ4n) is 3.57. The highest BCUT2D eigenvalue weighted by Crippen LogP contribution is 2.47. The van der Waals surface area contributed by atoms with Crippen LogP contribution in [0.25, 0.3) is 0 Å². The lowest BCUT2D eigenvalue weighted by Crippen LogP contribution is -2.37. The number of rotatable bonds is 2. The van der Waals surface area contributed by atoms with Crippen LogP contribution >= 0.6 is 0 Å². The molecule has 0 heterocycles. The van der Waals surface area contributed by atoms with E-state index in [4.69, 9.17) is 4.74 Å². The van der Waals surface area contributed by atoms with Gasteiger partial charge in [-0.25, -0.2) is 0 Å². The van der Waals surface area contributed by atoms with E-state index in [1.165, 1.54) is 6.42 Å². The van der Waals surface area contributed by atoms with Gasteiger partial charge >= 0.3 is 0 Å². The van der Waals surface area contributed by atoms with E-state index in [-0.39, 0.29) is 5.41 Å². The number of aliphatic hydroxyl groups is 1. The molecule has 0 aromatic heterocycles. The highest BCUT2D eigenvalue weighted by Gasteiger charge is 2.40. The van der Waals surface area contributed by atoms with Crippen LogP contribution in [0.2, 0.25) is 0 Å². The topological polar surface area (TPSA) is 29.5 Å². The molecule has 0 spiro atoms. The summed E-state index contributed by atoms with van der Waals surface area (Å²) in [6.07, 6.45) is 3.99. The van der Waals surface area contributed by atoms with E-state index in [2.05, 4.69) is 26.8 Å². The molecule has 0 saturated heterocycles. The Labute approximate surface area is 116 Å². The van der Waals surface area contributed by atoms with Crippen molar-refractivity contribution in [1.29, 1.82) is 0 Å². The van der Waals surface area contributed by atoms with E-state index < -0.39 is 5.60 Å². The number of hydrogen-bond donors (Lipinski definition) is 1. The minimum atomic E-state index is -0.678. The molecular weight excluding hydrogens is 236 g/mol. The van der Waals surface area contributed by atoms with Gasteiger partial charge in [0.2, 0.25) is 0 Å². The van der Waals surface area contributed by atoms with E-state index in [0.717, 1.165) is 41.7 Å². The van der Waals surface area contributed by atoms with Crippen LogP contribution in [-0.4, -0.2) is 12.2 Å². The van der Waals surface area contributed by atoms with Crippen molar-refractivity contribution in [3.8, 4) is 5.75 Å². The van der Waals surface area contributed by atoms with Crippen molar-refractivity contribution in [2.75, 3.05) is 7.11 Å². The Morgan fingerprint density at radius 3 is 2.37 bits per heavy atom. The summed E-state index contributed by atoms with van der Waals surface area (Å²) < 4.78 is 5.36. The van der Waals surface area contributed by atoms with Gasteiger partial charge < -0.3 is 9.84 Å². The molecule has 0 radical (unpaired) electrons. The maximum atomic E-state index is 11.1. The minimum absolute atomic E-state index is 0.216. The SMILES string of the molecule is COc1cc(C)c(C2(O)CCCC(C)(C)C2)cc1C. The standard InChI is InChI=1S/C17H26O2/c1-12-10-15(19-5)13(2)9-14(12)17(18)8-6-7-16(3,4)11-17/h9-10,18H,6-8,11H2,1-5H3. The van der Waals surface area contributed by atoms with Gasteiger partial charge in [0.1, 0.15) is 5.75 Å². The third-order valence-electron chi connectivity index (χ3n) is 4.46. The van der Waals surface area contributed by atoms with Crippen LogP contribution in [0.3, 0.4) is 0 Å². The molecule has 1 atom stereocenters. The van der Waals surface area contributed by atoms with Crippen molar-refractivity contribution >= 4 is 0 Å². The second-order valence-corrected chi connectivity index (χ2v) is 6.86. The second kappa shape index (κ2) is 4.82. The van der Waals surface area contributed by atoms with Gasteiger partial charge in [0.15, 0.2) is 0 Å². The van der Waals surface area contributed by atoms with Crippen LogP contribution < -0.4 is 4.74 Å². The first-order chi connectivity index (χ1) is 8.77. The zero-order chi connectivity index (χ0) is 14.3. The minimum Gasteiger partial charge on any atom is -0.496 e. The summed E-state index contributed by atoms with van der Waals surface area (Å²) in [6, 6.07) is 4.15. The lowest BCUT2D eigenvalue weighted by Gasteiger charge is -2.42. The third kappa shape index (κ3) is 2.79. The molecule has 2 rings (SSSR count). The summed E-state index contributed by atoms with van der Waals surface area (Å²) in [6.45, 7) is 8.61. The summed E-state index contributed by atoms with van der Waals surface area (Å²) in [5.41, 5.74) is 2.84. The maximum absolute atomic E-state index is 11.1. The average Bonchev–Trinajstić information content (AvgIpc) is 2.29. The fourth-order valence-corrected chi connectivity index (χ4v) is 3.57. The number of methoxy groups -OCH3 is 1. The normalized spacial score (nSPS) is 26.2. The molecule has 1 N–H and O–H groups in total. The lowest BCUT2D eigenvalue weighted by atomic mass is 9.66. The summed E-state index contributed by atoms with van der Waals surface area (Å²) >= 11 is 0. The number of ether oxygens (including phenoxy) is 1. The van der Waals surface area contributed by atoms with Gasteiger partial charge in [-0.05, 0) is 73.8 Å². The molecule has 19 heavy (non-hydrogen) atoms. The largest absolute Gasteiger partial charge is 0.496 e. The molecule has 1 aliphatic carbocycles. The number of hydrogen-bond acceptors (Lipinski definition) is 2. The summed E-state index contributed by atoms with van der Waals surface area (Å²) in [4.78, 5) is 0. The highest BCUT2D eigenvalue weighted by atomic mass is 16.5. The first-order valence-corrected chi connectivity index (χ1v) is 7.15. The molecular formula is C17H26O2. The lowest BCUT2D eigenvalue weighted by molar-refractivity contribution is -0.0445. The Morgan fingerprint density at radius 2 is 1.79 bits per heavy atom. The van der Waals surface area contributed by atoms with Crippen LogP contribution in [0, 0.1) is 19.3 Å². The zero-order valence-corrected chi connectivity index (χ0v) is 12.8. The molecule has 1 aliphatic rings. The summed E-state index contributed by atoms with van der Waals surface area (Å²) in [5.74, 6) is 0.903. The zero-order valence-electron chi connectivity index (χ0n) is 12.8. The van der Waals surface area contributed by atoms with Crippen molar-refractivity contribution in [2.24, 2.45) is 5.41 Å². The van der Waals surface area contributed by atoms with Crippen molar-refractivity contribution < 1.29 is 9.84 Å². The van der Waals surface area contributed by atoms with Gasteiger partial charge in [0.05, 0.1) is 12.7 Å². The molecule has 106 valence electrons. The van der Waals surface area contributed by atoms with Gasteiger partial charge in [0.25, 0.3) is 0 Å². The van der Waals surface area contributed by atoms with E-state index in [0.29, 0.717) is 0 Å². The van der Waals surface area contributed by atoms with Gasteiger partial charge in [-0.15, -0.1) is 0 Å². The van der Waals surface area contributed by atoms with E-state index >= 15 is 0 Å². The van der Waals surface area contributed by atoms with Crippen LogP contribution in [0.5, 0.6) is 5.75 Å². The van der Waals surface area contributed by atoms with E-state index in [9.17, 15) is 5.11 Å². The molecule has 0 bridgehead atoms. The third-order valence-corrected chi connectivity index (χ3v) is 4.46. The van der Waals surface area contributed by atoms with Crippen LogP contribution in [0.15, 0.2) is 12.1 Å². The monoisotopic (exact) mass is 262 g/mol. The van der Waals surface area contributed by atoms with E-state index in [1.54, 1.807) is 7.11 Å². The highest BCUT2D eigenvalue weighted by molar-refractivity contribution is 5.44. The van der Waals surface area contributed by atoms with Crippen molar-refractivity contribution in [1.82, 2.24) is 0 Å². The predicted octanol–water partition coefficient (Wildman–Crippen LogP) is 4.10. The maximum Gasteiger partial charge on any atom is 0.122 e. The quantitative estimate of drug-likeness (QED) is 0.869. The fraction of sp³-hybridized carbons (Fsp3) is 0.647. The summed E-state index contributed by atoms with van der Waals surface area (Å²) in [5, 5.41) is 11.1. The molecule has 1 aromatic carbocycles. The number of aryl methyl sites for hydroxylation is 2. The molecule has 1 unspecified atom stereocenters. The predicted molar refractivity (Wildman–Crippen MR) is 78.6 cm³/mol. The Bertz CT molecular complexity index is 476. The van der Waals surface area contributed by atoms with Crippen molar-refractivity contribution in [3.05, 3.63) is 28.8 Å². The van der Waals surface area contributed by atoms with Crippen LogP contribution in [-0.2, 0) is 5.60 Å². The van der Waals surface area contributed by atoms with Crippen molar-refractivity contribution in [2.45, 2.75) is 59.0 Å². The Balaban J connectivity index is 2.43. The second-order valence-electron chi connectivity index (χ2n) is 6.86. The van der Waals surface area contributed by atoms with Gasteiger partial charge in [0, 0.05) is 0 Å². The Hall–Kier alpha value is -1.02. The van der Waals surface area contributed by atoms with E-state index in [1.807, 2.05) is 13.0 Å². The molecule has 1 fully saturated rings. The van der Waals surface area contributed by atoms with Crippen LogP contribution in [0.1, 0.15) is 56.2 Å². The first kappa shape index (κ1) is 14.4. The van der Waals surface area contributed by atoms with Gasteiger partial charge in [-0.1, -0.05) is 13.8 Å². The first-order valence-electron chi connectivity index (χ1n) is 7.15.